The zero-order valence-electron chi connectivity index (χ0n) is 16.1. The summed E-state index contributed by atoms with van der Waals surface area (Å²) in [4.78, 5) is 17.7. The first-order valence-corrected chi connectivity index (χ1v) is 10.7. The van der Waals surface area contributed by atoms with Crippen LogP contribution in [0.2, 0.25) is 0 Å². The third-order valence-electron chi connectivity index (χ3n) is 5.00. The molecule has 0 unspecified atom stereocenters. The van der Waals surface area contributed by atoms with Crippen molar-refractivity contribution in [2.75, 3.05) is 26.2 Å². The second kappa shape index (κ2) is 8.16. The van der Waals surface area contributed by atoms with Gasteiger partial charge in [0.15, 0.2) is 0 Å². The molecule has 1 aliphatic rings. The van der Waals surface area contributed by atoms with Crippen LogP contribution in [-0.4, -0.2) is 59.3 Å². The summed E-state index contributed by atoms with van der Waals surface area (Å²) in [6, 6.07) is 7.78. The van der Waals surface area contributed by atoms with E-state index in [0.29, 0.717) is 11.8 Å². The summed E-state index contributed by atoms with van der Waals surface area (Å²) in [5.41, 5.74) is 0.782. The maximum atomic E-state index is 14.0. The quantitative estimate of drug-likeness (QED) is 0.612. The Bertz CT molecular complexity index is 1220. The Hall–Kier alpha value is -3.18. The van der Waals surface area contributed by atoms with E-state index in [1.165, 1.54) is 46.3 Å². The molecule has 2 heterocycles. The molecule has 31 heavy (non-hydrogen) atoms. The van der Waals surface area contributed by atoms with E-state index in [9.17, 15) is 26.4 Å². The number of imidazole rings is 1. The molecule has 0 aliphatic carbocycles. The number of piperazine rings is 1. The summed E-state index contributed by atoms with van der Waals surface area (Å²) in [6.07, 6.45) is 2.80. The average Bonchev–Trinajstić information content (AvgIpc) is 3.25. The number of sulfonamides is 1. The van der Waals surface area contributed by atoms with Gasteiger partial charge in [0.1, 0.15) is 28.0 Å². The van der Waals surface area contributed by atoms with Gasteiger partial charge in [-0.2, -0.15) is 4.31 Å². The molecule has 162 valence electrons. The highest BCUT2D eigenvalue weighted by Gasteiger charge is 2.33. The molecule has 1 amide bonds. The number of hydrogen-bond donors (Lipinski definition) is 0. The minimum atomic E-state index is -4.25. The van der Waals surface area contributed by atoms with Crippen LogP contribution in [0.5, 0.6) is 0 Å². The van der Waals surface area contributed by atoms with Crippen LogP contribution >= 0.6 is 0 Å². The van der Waals surface area contributed by atoms with E-state index in [-0.39, 0.29) is 37.8 Å². The van der Waals surface area contributed by atoms with Crippen LogP contribution in [0.3, 0.4) is 0 Å². The van der Waals surface area contributed by atoms with Crippen LogP contribution in [0.4, 0.5) is 13.2 Å². The number of carbonyl (C=O) groups is 1. The van der Waals surface area contributed by atoms with Crippen LogP contribution in [0.1, 0.15) is 10.5 Å². The van der Waals surface area contributed by atoms with Gasteiger partial charge in [-0.25, -0.2) is 26.6 Å². The predicted molar refractivity (Wildman–Crippen MR) is 105 cm³/mol. The van der Waals surface area contributed by atoms with Crippen molar-refractivity contribution in [1.29, 1.82) is 0 Å². The molecule has 0 atom stereocenters. The Labute approximate surface area is 176 Å². The molecule has 11 heteroatoms. The minimum absolute atomic E-state index is 0.0591. The van der Waals surface area contributed by atoms with E-state index in [4.69, 9.17) is 0 Å². The van der Waals surface area contributed by atoms with Crippen molar-refractivity contribution in [3.8, 4) is 5.69 Å². The fraction of sp³-hybridized carbons (Fsp3) is 0.200. The van der Waals surface area contributed by atoms with Crippen LogP contribution in [0.25, 0.3) is 5.69 Å². The molecule has 0 radical (unpaired) electrons. The van der Waals surface area contributed by atoms with Gasteiger partial charge in [-0.3, -0.25) is 9.36 Å². The average molecular weight is 450 g/mol. The summed E-state index contributed by atoms with van der Waals surface area (Å²) in [5, 5.41) is 0. The first-order valence-electron chi connectivity index (χ1n) is 9.30. The number of halogens is 3. The topological polar surface area (TPSA) is 75.5 Å². The van der Waals surface area contributed by atoms with Crippen molar-refractivity contribution in [3.63, 3.8) is 0 Å². The number of aromatic nitrogens is 2. The van der Waals surface area contributed by atoms with E-state index >= 15 is 0 Å². The molecule has 1 saturated heterocycles. The molecule has 0 bridgehead atoms. The smallest absolute Gasteiger partial charge is 0.272 e. The van der Waals surface area contributed by atoms with E-state index in [2.05, 4.69) is 4.98 Å². The Morgan fingerprint density at radius 3 is 2.23 bits per heavy atom. The van der Waals surface area contributed by atoms with Crippen LogP contribution < -0.4 is 0 Å². The molecule has 1 aliphatic heterocycles. The molecule has 7 nitrogen and oxygen atoms in total. The molecule has 0 saturated carbocycles. The first-order chi connectivity index (χ1) is 14.8. The first kappa shape index (κ1) is 21.1. The zero-order chi connectivity index (χ0) is 22.2. The Balaban J connectivity index is 1.50. The maximum Gasteiger partial charge on any atom is 0.272 e. The van der Waals surface area contributed by atoms with Gasteiger partial charge in [0.05, 0.1) is 12.5 Å². The van der Waals surface area contributed by atoms with Gasteiger partial charge in [-0.05, 0) is 42.5 Å². The summed E-state index contributed by atoms with van der Waals surface area (Å²) >= 11 is 0. The second-order valence-electron chi connectivity index (χ2n) is 6.90. The predicted octanol–water partition coefficient (Wildman–Crippen LogP) is 2.44. The SMILES string of the molecule is O=C(c1cncn1-c1ccc(F)cc1)N1CCN(S(=O)(=O)c2cc(F)ccc2F)CC1. The summed E-state index contributed by atoms with van der Waals surface area (Å²) in [5.74, 6) is -2.69. The van der Waals surface area contributed by atoms with Gasteiger partial charge in [0, 0.05) is 31.9 Å². The lowest BCUT2D eigenvalue weighted by Crippen LogP contribution is -2.50. The summed E-state index contributed by atoms with van der Waals surface area (Å²) in [6.45, 7) is -0.0311. The van der Waals surface area contributed by atoms with Gasteiger partial charge < -0.3 is 4.90 Å². The highest BCUT2D eigenvalue weighted by molar-refractivity contribution is 7.89. The molecule has 3 aromatic rings. The van der Waals surface area contributed by atoms with E-state index in [0.717, 1.165) is 16.4 Å². The molecule has 0 N–H and O–H groups in total. The maximum absolute atomic E-state index is 14.0. The monoisotopic (exact) mass is 450 g/mol. The fourth-order valence-corrected chi connectivity index (χ4v) is 4.87. The van der Waals surface area contributed by atoms with Crippen molar-refractivity contribution in [2.24, 2.45) is 0 Å². The molecule has 4 rings (SSSR count). The van der Waals surface area contributed by atoms with E-state index in [1.54, 1.807) is 0 Å². The van der Waals surface area contributed by atoms with Gasteiger partial charge in [-0.15, -0.1) is 0 Å². The van der Waals surface area contributed by atoms with Crippen molar-refractivity contribution in [3.05, 3.63) is 78.1 Å². The van der Waals surface area contributed by atoms with Crippen LogP contribution in [0, 0.1) is 17.5 Å². The highest BCUT2D eigenvalue weighted by atomic mass is 32.2. The van der Waals surface area contributed by atoms with Gasteiger partial charge in [-0.1, -0.05) is 0 Å². The summed E-state index contributed by atoms with van der Waals surface area (Å²) < 4.78 is 68.5. The number of hydrogen-bond acceptors (Lipinski definition) is 4. The van der Waals surface area contributed by atoms with Gasteiger partial charge in [0.25, 0.3) is 5.91 Å². The Morgan fingerprint density at radius 1 is 0.903 bits per heavy atom. The number of nitrogens with zero attached hydrogens (tertiary/aromatic N) is 4. The number of benzene rings is 2. The third-order valence-corrected chi connectivity index (χ3v) is 6.91. The van der Waals surface area contributed by atoms with Crippen molar-refractivity contribution in [2.45, 2.75) is 4.90 Å². The Morgan fingerprint density at radius 2 is 1.55 bits per heavy atom. The van der Waals surface area contributed by atoms with Crippen molar-refractivity contribution in [1.82, 2.24) is 18.8 Å². The molecule has 1 aromatic heterocycles. The molecule has 2 aromatic carbocycles. The second-order valence-corrected chi connectivity index (χ2v) is 8.80. The number of rotatable bonds is 4. The largest absolute Gasteiger partial charge is 0.335 e. The van der Waals surface area contributed by atoms with Crippen molar-refractivity contribution >= 4 is 15.9 Å². The lowest BCUT2D eigenvalue weighted by molar-refractivity contribution is 0.0689. The minimum Gasteiger partial charge on any atom is -0.335 e. The Kier molecular flexibility index (Phi) is 5.54. The van der Waals surface area contributed by atoms with Crippen LogP contribution in [0.15, 0.2) is 59.9 Å². The number of carbonyl (C=O) groups excluding carboxylic acids is 1. The van der Waals surface area contributed by atoms with E-state index in [1.807, 2.05) is 0 Å². The lowest BCUT2D eigenvalue weighted by Gasteiger charge is -2.34. The van der Waals surface area contributed by atoms with Crippen LogP contribution in [-0.2, 0) is 10.0 Å². The lowest BCUT2D eigenvalue weighted by atomic mass is 10.2. The molecular weight excluding hydrogens is 433 g/mol. The zero-order valence-corrected chi connectivity index (χ0v) is 16.9. The normalized spacial score (nSPS) is 15.3. The molecule has 1 fully saturated rings. The van der Waals surface area contributed by atoms with E-state index < -0.39 is 32.4 Å². The van der Waals surface area contributed by atoms with Crippen molar-refractivity contribution < 1.29 is 26.4 Å². The standard InChI is InChI=1S/C20H17F3N4O3S/c21-14-1-4-16(5-2-14)27-13-24-12-18(27)20(28)25-7-9-26(10-8-25)31(29,30)19-11-15(22)3-6-17(19)23/h1-6,11-13H,7-10H2. The fourth-order valence-electron chi connectivity index (χ4n) is 3.37. The highest BCUT2D eigenvalue weighted by Crippen LogP contribution is 2.22. The number of amides is 1. The molecular formula is C20H17F3N4O3S. The summed E-state index contributed by atoms with van der Waals surface area (Å²) in [7, 11) is -4.25. The van der Waals surface area contributed by atoms with Gasteiger partial charge >= 0.3 is 0 Å². The molecule has 0 spiro atoms. The van der Waals surface area contributed by atoms with Gasteiger partial charge in [0.2, 0.25) is 10.0 Å². The third kappa shape index (κ3) is 4.06.